The smallest absolute Gasteiger partial charge is 0.307 e. The molecule has 0 radical (unpaired) electrons. The van der Waals surface area contributed by atoms with Gasteiger partial charge in [-0.05, 0) is 19.3 Å². The van der Waals surface area contributed by atoms with Crippen LogP contribution in [-0.2, 0) is 14.3 Å². The van der Waals surface area contributed by atoms with E-state index in [1.54, 1.807) is 0 Å². The monoisotopic (exact) mass is 226 g/mol. The number of carbonyl (C=O) groups excluding carboxylic acids is 1. The number of nitriles is 1. The molecule has 1 aliphatic rings. The summed E-state index contributed by atoms with van der Waals surface area (Å²) in [7, 11) is 0. The Bertz CT molecular complexity index is 317. The van der Waals surface area contributed by atoms with Gasteiger partial charge in [0.2, 0.25) is 0 Å². The Balaban J connectivity index is 2.03. The maximum atomic E-state index is 11.1. The van der Waals surface area contributed by atoms with Crippen molar-refractivity contribution < 1.29 is 19.4 Å². The lowest BCUT2D eigenvalue weighted by Crippen LogP contribution is -2.32. The van der Waals surface area contributed by atoms with Crippen molar-refractivity contribution in [1.82, 2.24) is 5.32 Å². The van der Waals surface area contributed by atoms with Crippen molar-refractivity contribution in [1.29, 1.82) is 5.26 Å². The van der Waals surface area contributed by atoms with E-state index < -0.39 is 17.5 Å². The van der Waals surface area contributed by atoms with Gasteiger partial charge in [-0.2, -0.15) is 5.26 Å². The molecule has 88 valence electrons. The molecule has 2 N–H and O–H groups in total. The summed E-state index contributed by atoms with van der Waals surface area (Å²) < 4.78 is 4.81. The minimum atomic E-state index is -0.924. The van der Waals surface area contributed by atoms with Crippen molar-refractivity contribution in [2.24, 2.45) is 0 Å². The van der Waals surface area contributed by atoms with Crippen molar-refractivity contribution >= 4 is 11.9 Å². The Morgan fingerprint density at radius 3 is 2.62 bits per heavy atom. The first-order chi connectivity index (χ1) is 7.58. The molecule has 0 aliphatic heterocycles. The first-order valence-corrected chi connectivity index (χ1v) is 5.12. The maximum Gasteiger partial charge on any atom is 0.307 e. The molecule has 0 spiro atoms. The number of carboxylic acids is 1. The maximum absolute atomic E-state index is 11.1. The summed E-state index contributed by atoms with van der Waals surface area (Å²) >= 11 is 0. The zero-order chi connectivity index (χ0) is 12.0. The minimum Gasteiger partial charge on any atom is -0.481 e. The fourth-order valence-electron chi connectivity index (χ4n) is 1.16. The van der Waals surface area contributed by atoms with E-state index in [1.165, 1.54) is 0 Å². The molecule has 6 heteroatoms. The van der Waals surface area contributed by atoms with Gasteiger partial charge in [0.25, 0.3) is 0 Å². The van der Waals surface area contributed by atoms with E-state index in [0.717, 1.165) is 12.8 Å². The van der Waals surface area contributed by atoms with Gasteiger partial charge in [-0.25, -0.2) is 0 Å². The second-order valence-electron chi connectivity index (χ2n) is 3.78. The van der Waals surface area contributed by atoms with Crippen LogP contribution in [0.15, 0.2) is 0 Å². The molecule has 0 aromatic rings. The van der Waals surface area contributed by atoms with E-state index in [2.05, 4.69) is 11.4 Å². The molecule has 1 rings (SSSR count). The minimum absolute atomic E-state index is 0.0134. The average Bonchev–Trinajstić information content (AvgIpc) is 2.98. The number of hydrogen-bond acceptors (Lipinski definition) is 5. The largest absolute Gasteiger partial charge is 0.481 e. The molecule has 0 saturated heterocycles. The first kappa shape index (κ1) is 12.5. The van der Waals surface area contributed by atoms with Crippen molar-refractivity contribution in [3.8, 4) is 6.07 Å². The number of aliphatic carboxylic acids is 1. The molecule has 1 aliphatic carbocycles. The number of ether oxygens (including phenoxy) is 1. The third kappa shape index (κ3) is 4.28. The summed E-state index contributed by atoms with van der Waals surface area (Å²) in [4.78, 5) is 21.3. The Kier molecular flexibility index (Phi) is 4.26. The Hall–Kier alpha value is -1.61. The van der Waals surface area contributed by atoms with E-state index in [1.807, 2.05) is 0 Å². The Morgan fingerprint density at radius 2 is 2.12 bits per heavy atom. The lowest BCUT2D eigenvalue weighted by atomic mass is 10.2. The lowest BCUT2D eigenvalue weighted by Gasteiger charge is -2.09. The zero-order valence-corrected chi connectivity index (χ0v) is 8.86. The number of nitrogens with one attached hydrogen (secondary N) is 1. The summed E-state index contributed by atoms with van der Waals surface area (Å²) in [6, 6.07) is 2.10. The summed E-state index contributed by atoms with van der Waals surface area (Å²) in [5.74, 6) is -1.37. The molecule has 16 heavy (non-hydrogen) atoms. The molecule has 6 nitrogen and oxygen atoms in total. The van der Waals surface area contributed by atoms with Gasteiger partial charge < -0.3 is 9.84 Å². The third-order valence-electron chi connectivity index (χ3n) is 2.38. The zero-order valence-electron chi connectivity index (χ0n) is 8.86. The van der Waals surface area contributed by atoms with Crippen LogP contribution in [0.1, 0.15) is 32.1 Å². The van der Waals surface area contributed by atoms with Crippen molar-refractivity contribution in [2.75, 3.05) is 6.73 Å². The quantitative estimate of drug-likeness (QED) is 0.481. The molecule has 0 aromatic carbocycles. The van der Waals surface area contributed by atoms with E-state index in [-0.39, 0.29) is 26.0 Å². The van der Waals surface area contributed by atoms with Gasteiger partial charge in [0.15, 0.2) is 0 Å². The molecule has 0 unspecified atom stereocenters. The van der Waals surface area contributed by atoms with Crippen molar-refractivity contribution in [3.63, 3.8) is 0 Å². The van der Waals surface area contributed by atoms with Crippen molar-refractivity contribution in [2.45, 2.75) is 37.6 Å². The van der Waals surface area contributed by atoms with Gasteiger partial charge in [-0.1, -0.05) is 0 Å². The molecule has 0 atom stereocenters. The van der Waals surface area contributed by atoms with E-state index >= 15 is 0 Å². The van der Waals surface area contributed by atoms with Gasteiger partial charge in [0.1, 0.15) is 12.3 Å². The topological polar surface area (TPSA) is 99.4 Å². The molecular weight excluding hydrogens is 212 g/mol. The van der Waals surface area contributed by atoms with Crippen LogP contribution in [0.3, 0.4) is 0 Å². The van der Waals surface area contributed by atoms with Crippen LogP contribution in [0.5, 0.6) is 0 Å². The average molecular weight is 226 g/mol. The van der Waals surface area contributed by atoms with Crippen LogP contribution in [0, 0.1) is 11.3 Å². The Labute approximate surface area is 93.2 Å². The molecular formula is C10H14N2O4. The van der Waals surface area contributed by atoms with Crippen LogP contribution >= 0.6 is 0 Å². The number of hydrogen-bond donors (Lipinski definition) is 2. The summed E-state index contributed by atoms with van der Waals surface area (Å²) in [6.07, 6.45) is 1.88. The fraction of sp³-hybridized carbons (Fsp3) is 0.700. The predicted molar refractivity (Wildman–Crippen MR) is 53.2 cm³/mol. The SMILES string of the molecule is N#CC1(NCOC(=O)CCCC(=O)O)CC1. The van der Waals surface area contributed by atoms with Gasteiger partial charge in [0, 0.05) is 12.8 Å². The highest BCUT2D eigenvalue weighted by Gasteiger charge is 2.42. The molecule has 0 aromatic heterocycles. The molecule has 0 bridgehead atoms. The summed E-state index contributed by atoms with van der Waals surface area (Å²) in [6.45, 7) is 0.0134. The highest BCUT2D eigenvalue weighted by atomic mass is 16.5. The molecule has 1 saturated carbocycles. The highest BCUT2D eigenvalue weighted by molar-refractivity contribution is 5.71. The van der Waals surface area contributed by atoms with Crippen LogP contribution < -0.4 is 5.32 Å². The Morgan fingerprint density at radius 1 is 1.44 bits per heavy atom. The van der Waals surface area contributed by atoms with Gasteiger partial charge >= 0.3 is 11.9 Å². The number of nitrogens with zero attached hydrogens (tertiary/aromatic N) is 1. The van der Waals surface area contributed by atoms with Crippen LogP contribution in [-0.4, -0.2) is 29.3 Å². The van der Waals surface area contributed by atoms with E-state index in [0.29, 0.717) is 0 Å². The lowest BCUT2D eigenvalue weighted by molar-refractivity contribution is -0.145. The van der Waals surface area contributed by atoms with Crippen LogP contribution in [0.2, 0.25) is 0 Å². The van der Waals surface area contributed by atoms with Crippen molar-refractivity contribution in [3.05, 3.63) is 0 Å². The standard InChI is InChI=1S/C10H14N2O4/c11-6-10(4-5-10)12-7-16-9(15)3-1-2-8(13)14/h12H,1-5,7H2,(H,13,14). The van der Waals surface area contributed by atoms with Gasteiger partial charge in [0.05, 0.1) is 6.07 Å². The third-order valence-corrected chi connectivity index (χ3v) is 2.38. The molecule has 0 heterocycles. The second-order valence-corrected chi connectivity index (χ2v) is 3.78. The number of rotatable bonds is 7. The summed E-state index contributed by atoms with van der Waals surface area (Å²) in [5.41, 5.74) is -0.499. The van der Waals surface area contributed by atoms with Crippen LogP contribution in [0.25, 0.3) is 0 Å². The predicted octanol–water partition coefficient (Wildman–Crippen LogP) is 0.388. The molecule has 0 amide bonds. The number of carbonyl (C=O) groups is 2. The summed E-state index contributed by atoms with van der Waals surface area (Å²) in [5, 5.41) is 19.9. The van der Waals surface area contributed by atoms with Crippen LogP contribution in [0.4, 0.5) is 0 Å². The normalized spacial score (nSPS) is 16.2. The second kappa shape index (κ2) is 5.47. The highest BCUT2D eigenvalue weighted by Crippen LogP contribution is 2.33. The number of carboxylic acid groups (broad SMARTS) is 1. The number of esters is 1. The van der Waals surface area contributed by atoms with Gasteiger partial charge in [-0.3, -0.25) is 14.9 Å². The van der Waals surface area contributed by atoms with E-state index in [9.17, 15) is 9.59 Å². The fourth-order valence-corrected chi connectivity index (χ4v) is 1.16. The molecule has 1 fully saturated rings. The van der Waals surface area contributed by atoms with E-state index in [4.69, 9.17) is 15.1 Å². The van der Waals surface area contributed by atoms with Gasteiger partial charge in [-0.15, -0.1) is 0 Å². The first-order valence-electron chi connectivity index (χ1n) is 5.12.